The SMILES string of the molecule is FC(F)(F)c1ccnc(NCCCSCc2ccco2)n1. The molecule has 0 radical (unpaired) electrons. The van der Waals surface area contributed by atoms with Gasteiger partial charge in [-0.25, -0.2) is 9.97 Å². The summed E-state index contributed by atoms with van der Waals surface area (Å²) >= 11 is 1.70. The zero-order chi connectivity index (χ0) is 15.1. The lowest BCUT2D eigenvalue weighted by Gasteiger charge is -2.08. The summed E-state index contributed by atoms with van der Waals surface area (Å²) in [6.45, 7) is 0.520. The molecule has 114 valence electrons. The van der Waals surface area contributed by atoms with Crippen molar-refractivity contribution in [1.29, 1.82) is 0 Å². The van der Waals surface area contributed by atoms with Gasteiger partial charge in [-0.15, -0.1) is 0 Å². The third-order valence-corrected chi connectivity index (χ3v) is 3.58. The van der Waals surface area contributed by atoms with E-state index in [1.54, 1.807) is 18.0 Å². The molecule has 4 nitrogen and oxygen atoms in total. The molecule has 1 N–H and O–H groups in total. The molecular weight excluding hydrogens is 303 g/mol. The Hall–Kier alpha value is -1.70. The van der Waals surface area contributed by atoms with Gasteiger partial charge >= 0.3 is 6.18 Å². The van der Waals surface area contributed by atoms with Gasteiger partial charge in [0.05, 0.1) is 12.0 Å². The van der Waals surface area contributed by atoms with Crippen LogP contribution in [0.2, 0.25) is 0 Å². The summed E-state index contributed by atoms with van der Waals surface area (Å²) in [5, 5.41) is 2.79. The minimum Gasteiger partial charge on any atom is -0.468 e. The van der Waals surface area contributed by atoms with Gasteiger partial charge in [0.2, 0.25) is 5.95 Å². The smallest absolute Gasteiger partial charge is 0.433 e. The molecule has 0 bridgehead atoms. The second kappa shape index (κ2) is 7.35. The van der Waals surface area contributed by atoms with Crippen LogP contribution in [0.25, 0.3) is 0 Å². The van der Waals surface area contributed by atoms with Crippen LogP contribution < -0.4 is 5.32 Å². The summed E-state index contributed by atoms with van der Waals surface area (Å²) in [6.07, 6.45) is -0.921. The van der Waals surface area contributed by atoms with Crippen molar-refractivity contribution in [2.75, 3.05) is 17.6 Å². The molecule has 0 aliphatic rings. The molecule has 0 spiro atoms. The maximum absolute atomic E-state index is 12.5. The number of hydrogen-bond acceptors (Lipinski definition) is 5. The van der Waals surface area contributed by atoms with Crippen LogP contribution in [0, 0.1) is 0 Å². The van der Waals surface area contributed by atoms with Gasteiger partial charge in [0.25, 0.3) is 0 Å². The summed E-state index contributed by atoms with van der Waals surface area (Å²) in [5.74, 6) is 2.56. The Balaban J connectivity index is 1.67. The number of hydrogen-bond donors (Lipinski definition) is 1. The maximum atomic E-state index is 12.5. The van der Waals surface area contributed by atoms with Gasteiger partial charge in [-0.2, -0.15) is 24.9 Å². The highest BCUT2D eigenvalue weighted by atomic mass is 32.2. The van der Waals surface area contributed by atoms with Crippen LogP contribution in [0.5, 0.6) is 0 Å². The van der Waals surface area contributed by atoms with E-state index in [-0.39, 0.29) is 5.95 Å². The van der Waals surface area contributed by atoms with E-state index in [1.807, 2.05) is 12.1 Å². The highest BCUT2D eigenvalue weighted by Crippen LogP contribution is 2.27. The van der Waals surface area contributed by atoms with Crippen LogP contribution in [0.1, 0.15) is 17.9 Å². The minimum atomic E-state index is -4.45. The Labute approximate surface area is 124 Å². The number of aromatic nitrogens is 2. The van der Waals surface area contributed by atoms with Gasteiger partial charge in [0.15, 0.2) is 0 Å². The van der Waals surface area contributed by atoms with E-state index in [2.05, 4.69) is 15.3 Å². The predicted molar refractivity (Wildman–Crippen MR) is 75.0 cm³/mol. The summed E-state index contributed by atoms with van der Waals surface area (Å²) in [6, 6.07) is 4.59. The molecule has 0 saturated carbocycles. The van der Waals surface area contributed by atoms with Crippen molar-refractivity contribution in [3.8, 4) is 0 Å². The predicted octanol–water partition coefficient (Wildman–Crippen LogP) is 3.82. The number of anilines is 1. The first-order valence-corrected chi connectivity index (χ1v) is 7.45. The highest BCUT2D eigenvalue weighted by Gasteiger charge is 2.32. The number of halogens is 3. The molecule has 0 aliphatic carbocycles. The Kier molecular flexibility index (Phi) is 5.49. The van der Waals surface area contributed by atoms with Crippen molar-refractivity contribution in [3.63, 3.8) is 0 Å². The number of nitrogens with one attached hydrogen (secondary N) is 1. The van der Waals surface area contributed by atoms with Crippen LogP contribution in [0.15, 0.2) is 35.1 Å². The summed E-state index contributed by atoms with van der Waals surface area (Å²) < 4.78 is 42.6. The molecule has 0 unspecified atom stereocenters. The Morgan fingerprint density at radius 3 is 2.86 bits per heavy atom. The average Bonchev–Trinajstić information content (AvgIpc) is 2.95. The molecule has 2 aromatic rings. The van der Waals surface area contributed by atoms with Gasteiger partial charge in [-0.3, -0.25) is 0 Å². The molecule has 0 aromatic carbocycles. The first kappa shape index (κ1) is 15.7. The zero-order valence-electron chi connectivity index (χ0n) is 11.1. The van der Waals surface area contributed by atoms with Crippen LogP contribution in [-0.4, -0.2) is 22.3 Å². The molecule has 0 saturated heterocycles. The molecular formula is C13H14F3N3OS. The highest BCUT2D eigenvalue weighted by molar-refractivity contribution is 7.98. The standard InChI is InChI=1S/C13H14F3N3OS/c14-13(15,16)11-4-6-18-12(19-11)17-5-2-8-21-9-10-3-1-7-20-10/h1,3-4,6-7H,2,5,8-9H2,(H,17,18,19). The fourth-order valence-electron chi connectivity index (χ4n) is 1.54. The number of rotatable bonds is 7. The Morgan fingerprint density at radius 2 is 2.14 bits per heavy atom. The lowest BCUT2D eigenvalue weighted by Crippen LogP contribution is -2.12. The first-order valence-electron chi connectivity index (χ1n) is 6.30. The van der Waals surface area contributed by atoms with Crippen molar-refractivity contribution in [3.05, 3.63) is 42.1 Å². The third kappa shape index (κ3) is 5.30. The lowest BCUT2D eigenvalue weighted by atomic mass is 10.4. The number of alkyl halides is 3. The van der Waals surface area contributed by atoms with E-state index in [1.165, 1.54) is 0 Å². The van der Waals surface area contributed by atoms with Crippen LogP contribution in [0.4, 0.5) is 19.1 Å². The number of nitrogens with zero attached hydrogens (tertiary/aromatic N) is 2. The van der Waals surface area contributed by atoms with E-state index < -0.39 is 11.9 Å². The molecule has 8 heteroatoms. The molecule has 2 rings (SSSR count). The van der Waals surface area contributed by atoms with E-state index in [9.17, 15) is 13.2 Å². The van der Waals surface area contributed by atoms with Crippen molar-refractivity contribution in [1.82, 2.24) is 9.97 Å². The normalized spacial score (nSPS) is 11.6. The lowest BCUT2D eigenvalue weighted by molar-refractivity contribution is -0.141. The zero-order valence-corrected chi connectivity index (χ0v) is 11.9. The second-order valence-electron chi connectivity index (χ2n) is 4.18. The summed E-state index contributed by atoms with van der Waals surface area (Å²) in [7, 11) is 0. The Morgan fingerprint density at radius 1 is 1.29 bits per heavy atom. The monoisotopic (exact) mass is 317 g/mol. The van der Waals surface area contributed by atoms with Gasteiger partial charge in [0, 0.05) is 12.7 Å². The van der Waals surface area contributed by atoms with Crippen LogP contribution in [0.3, 0.4) is 0 Å². The van der Waals surface area contributed by atoms with Gasteiger partial charge in [0.1, 0.15) is 11.5 Å². The molecule has 21 heavy (non-hydrogen) atoms. The third-order valence-electron chi connectivity index (χ3n) is 2.52. The minimum absolute atomic E-state index is 0.000796. The maximum Gasteiger partial charge on any atom is 0.433 e. The average molecular weight is 317 g/mol. The summed E-state index contributed by atoms with van der Waals surface area (Å²) in [5.41, 5.74) is -0.938. The van der Waals surface area contributed by atoms with Crippen LogP contribution >= 0.6 is 11.8 Å². The molecule has 0 aliphatic heterocycles. The molecule has 0 atom stereocenters. The van der Waals surface area contributed by atoms with E-state index in [0.29, 0.717) is 6.54 Å². The number of furan rings is 1. The summed E-state index contributed by atoms with van der Waals surface area (Å²) in [4.78, 5) is 7.20. The van der Waals surface area contributed by atoms with Crippen molar-refractivity contribution < 1.29 is 17.6 Å². The molecule has 2 heterocycles. The first-order chi connectivity index (χ1) is 10.1. The second-order valence-corrected chi connectivity index (χ2v) is 5.28. The van der Waals surface area contributed by atoms with E-state index >= 15 is 0 Å². The van der Waals surface area contributed by atoms with Crippen molar-refractivity contribution in [2.45, 2.75) is 18.3 Å². The quantitative estimate of drug-likeness (QED) is 0.787. The topological polar surface area (TPSA) is 51.0 Å². The fraction of sp³-hybridized carbons (Fsp3) is 0.385. The molecule has 0 fully saturated rings. The van der Waals surface area contributed by atoms with Gasteiger partial charge in [-0.1, -0.05) is 0 Å². The van der Waals surface area contributed by atoms with Crippen LogP contribution in [-0.2, 0) is 11.9 Å². The Bertz CT molecular complexity index is 546. The van der Waals surface area contributed by atoms with E-state index in [4.69, 9.17) is 4.42 Å². The van der Waals surface area contributed by atoms with Gasteiger partial charge < -0.3 is 9.73 Å². The molecule has 2 aromatic heterocycles. The van der Waals surface area contributed by atoms with E-state index in [0.717, 1.165) is 35.9 Å². The number of thioether (sulfide) groups is 1. The van der Waals surface area contributed by atoms with Crippen molar-refractivity contribution in [2.24, 2.45) is 0 Å². The largest absolute Gasteiger partial charge is 0.468 e. The van der Waals surface area contributed by atoms with Crippen molar-refractivity contribution >= 4 is 17.7 Å². The van der Waals surface area contributed by atoms with Gasteiger partial charge in [-0.05, 0) is 30.4 Å². The fourth-order valence-corrected chi connectivity index (χ4v) is 2.40. The molecule has 0 amide bonds.